The van der Waals surface area contributed by atoms with Crippen molar-refractivity contribution < 1.29 is 85.3 Å². The van der Waals surface area contributed by atoms with Crippen LogP contribution in [-0.4, -0.2) is 234 Å². The molecule has 0 fully saturated rings. The van der Waals surface area contributed by atoms with Gasteiger partial charge < -0.3 is 69.9 Å². The second kappa shape index (κ2) is 38.7. The van der Waals surface area contributed by atoms with Crippen molar-refractivity contribution in [1.82, 2.24) is 44.6 Å². The van der Waals surface area contributed by atoms with Gasteiger partial charge in [-0.25, -0.2) is 13.6 Å². The number of aromatic nitrogens is 1. The van der Waals surface area contributed by atoms with Crippen LogP contribution in [-0.2, 0) is 70.4 Å². The molecule has 1 heterocycles. The molecule has 0 saturated heterocycles. The Morgan fingerprint density at radius 3 is 1.47 bits per heavy atom. The van der Waals surface area contributed by atoms with Gasteiger partial charge in [0.1, 0.15) is 13.1 Å². The summed E-state index contributed by atoms with van der Waals surface area (Å²) in [6.45, 7) is -0.895. The van der Waals surface area contributed by atoms with E-state index in [1.807, 2.05) is 36.4 Å². The molecule has 0 radical (unpaired) electrons. The van der Waals surface area contributed by atoms with Crippen molar-refractivity contribution in [3.8, 4) is 0 Å². The highest BCUT2D eigenvalue weighted by molar-refractivity contribution is 7.89. The van der Waals surface area contributed by atoms with E-state index in [0.29, 0.717) is 24.1 Å². The van der Waals surface area contributed by atoms with Gasteiger partial charge in [0.15, 0.2) is 0 Å². The molecule has 0 aliphatic heterocycles. The highest BCUT2D eigenvalue weighted by atomic mass is 32.2. The first-order chi connectivity index (χ1) is 47.0. The Morgan fingerprint density at radius 1 is 0.540 bits per heavy atom. The van der Waals surface area contributed by atoms with Gasteiger partial charge >= 0.3 is 15.2 Å². The molecule has 4 aromatic carbocycles. The molecule has 0 spiro atoms. The highest BCUT2D eigenvalue weighted by Gasteiger charge is 2.34. The summed E-state index contributed by atoms with van der Waals surface area (Å²) in [5.41, 5.74) is 7.77. The first kappa shape index (κ1) is 81.8. The third-order valence-corrected chi connectivity index (χ3v) is 19.0. The zero-order valence-corrected chi connectivity index (χ0v) is 58.8. The molecule has 0 aliphatic carbocycles. The number of primary sulfonamides is 1. The number of rotatable bonds is 43. The lowest BCUT2D eigenvalue weighted by molar-refractivity contribution is -0.385. The average molecular weight is 1450 g/mol. The van der Waals surface area contributed by atoms with Crippen LogP contribution in [0.5, 0.6) is 0 Å². The van der Waals surface area contributed by atoms with Crippen LogP contribution in [0, 0.1) is 26.1 Å². The van der Waals surface area contributed by atoms with Gasteiger partial charge in [0.2, 0.25) is 57.3 Å². The second-order valence-electron chi connectivity index (χ2n) is 24.5. The fourth-order valence-electron chi connectivity index (χ4n) is 10.7. The Labute approximate surface area is 578 Å². The number of H-pyrrole nitrogens is 1. The van der Waals surface area contributed by atoms with E-state index in [2.05, 4.69) is 10.3 Å². The van der Waals surface area contributed by atoms with E-state index >= 15 is 19.2 Å². The molecule has 0 bridgehead atoms. The number of benzene rings is 4. The standard InChI is InChI=1S/C64H89N13O20P2S/c1-46(2)26-31-71(42-61(82)73(39-57(65)78)33-36-100(66,96)97)59(80)41-70(30-12-35-99(93,94)95)63(84)45-75(48(4)51-19-23-54(24-20-51)77(88)89)64(85)43-72(32-27-52-37-68-56-16-9-8-15-55(52)56)60(81)40-69(29-10-11-34-98(90,91)92)62(83)44-74(47(3)50-17-21-53(22-18-50)76(86)87)58(79)38-67-28-25-49-13-6-5-7-14-49/h5-9,13-24,37,46-48,67-68H,10-12,25-36,38-45H2,1-4H3,(H2,65,78)(H2,66,96,97)(H2,90,91,92)(H2,93,94,95)/t47-,48-/m0/s1. The SMILES string of the molecule is CC(C)CCN(CC(=O)N(CCS(N)(=O)=O)CC(N)=O)C(=O)CN(CCCP(=O)(O)O)C(=O)CN(C(=O)CN(CCc1c[nH]c2ccccc12)C(=O)CN(CCCCP(=O)(O)O)C(=O)CN(C(=O)CNCCc1ccccc1)[C@@H](C)c1ccc([N+](=O)[O-])cc1)[C@@H](C)c1ccc([N+](=O)[O-])cc1. The monoisotopic (exact) mass is 1450 g/mol. The van der Waals surface area contributed by atoms with Gasteiger partial charge in [0, 0.05) is 80.3 Å². The summed E-state index contributed by atoms with van der Waals surface area (Å²) in [5.74, 6) is -8.03. The molecular weight excluding hydrogens is 1360 g/mol. The summed E-state index contributed by atoms with van der Waals surface area (Å²) in [4.78, 5) is 188. The number of hydrogen-bond donors (Lipinski definition) is 8. The number of aromatic amines is 1. The Hall–Kier alpha value is -8.85. The van der Waals surface area contributed by atoms with Crippen LogP contribution in [0.15, 0.2) is 109 Å². The van der Waals surface area contributed by atoms with Crippen LogP contribution in [0.25, 0.3) is 10.9 Å². The zero-order chi connectivity index (χ0) is 74.1. The molecule has 2 atom stereocenters. The molecule has 36 heteroatoms. The minimum absolute atomic E-state index is 0.0556. The molecule has 8 amide bonds. The summed E-state index contributed by atoms with van der Waals surface area (Å²) < 4.78 is 48.1. The number of unbranched alkanes of at least 4 members (excludes halogenated alkanes) is 1. The smallest absolute Gasteiger partial charge is 0.325 e. The van der Waals surface area contributed by atoms with E-state index in [1.165, 1.54) is 48.2 Å². The first-order valence-corrected chi connectivity index (χ1v) is 37.4. The van der Waals surface area contributed by atoms with Crippen LogP contribution in [0.3, 0.4) is 0 Å². The Bertz CT molecular complexity index is 3860. The number of amides is 8. The summed E-state index contributed by atoms with van der Waals surface area (Å²) in [7, 11) is -13.5. The molecule has 10 N–H and O–H groups in total. The predicted octanol–water partition coefficient (Wildman–Crippen LogP) is 3.03. The number of nitrogens with zero attached hydrogens (tertiary/aromatic N) is 9. The third kappa shape index (κ3) is 28.1. The van der Waals surface area contributed by atoms with Crippen LogP contribution >= 0.6 is 15.2 Å². The molecule has 33 nitrogen and oxygen atoms in total. The number of carbonyl (C=O) groups excluding carboxylic acids is 8. The number of sulfonamides is 1. The van der Waals surface area contributed by atoms with Crippen molar-refractivity contribution in [3.63, 3.8) is 0 Å². The van der Waals surface area contributed by atoms with E-state index in [9.17, 15) is 76.5 Å². The molecule has 0 unspecified atom stereocenters. The minimum atomic E-state index is -4.76. The maximum absolute atomic E-state index is 15.5. The predicted molar refractivity (Wildman–Crippen MR) is 369 cm³/mol. The van der Waals surface area contributed by atoms with Gasteiger partial charge in [-0.2, -0.15) is 0 Å². The summed E-state index contributed by atoms with van der Waals surface area (Å²) in [6.07, 6.45) is 0.513. The number of nitrogens with two attached hydrogens (primary N) is 2. The van der Waals surface area contributed by atoms with Crippen molar-refractivity contribution in [2.24, 2.45) is 16.8 Å². The topological polar surface area (TPSA) is 475 Å². The normalized spacial score (nSPS) is 12.3. The second-order valence-corrected chi connectivity index (χ2v) is 29.8. The number of nitro groups is 2. The number of fused-ring (bicyclic) bond motifs is 1. The number of para-hydroxylation sites is 1. The summed E-state index contributed by atoms with van der Waals surface area (Å²) >= 11 is 0. The molecule has 0 saturated carbocycles. The number of primary amides is 1. The van der Waals surface area contributed by atoms with Gasteiger partial charge in [-0.15, -0.1) is 0 Å². The van der Waals surface area contributed by atoms with Crippen molar-refractivity contribution in [2.75, 3.05) is 110 Å². The van der Waals surface area contributed by atoms with E-state index in [1.54, 1.807) is 45.2 Å². The van der Waals surface area contributed by atoms with Crippen LogP contribution in [0.2, 0.25) is 0 Å². The molecule has 5 rings (SSSR count). The van der Waals surface area contributed by atoms with E-state index in [-0.39, 0.29) is 74.7 Å². The minimum Gasteiger partial charge on any atom is -0.368 e. The Kier molecular flexibility index (Phi) is 31.6. The van der Waals surface area contributed by atoms with Crippen LogP contribution in [0.4, 0.5) is 11.4 Å². The third-order valence-electron chi connectivity index (χ3n) is 16.4. The van der Waals surface area contributed by atoms with Crippen LogP contribution < -0.4 is 16.2 Å². The molecule has 5 aromatic rings. The number of nitrogens with one attached hydrogen (secondary N) is 2. The number of nitro benzene ring substituents is 2. The fourth-order valence-corrected chi connectivity index (χ4v) is 12.3. The molecule has 1 aromatic heterocycles. The first-order valence-electron chi connectivity index (χ1n) is 32.1. The maximum atomic E-state index is 15.5. The van der Waals surface area contributed by atoms with Crippen molar-refractivity contribution >= 4 is 94.7 Å². The van der Waals surface area contributed by atoms with Gasteiger partial charge in [-0.05, 0) is 93.2 Å². The quantitative estimate of drug-likeness (QED) is 0.0120. The Balaban J connectivity index is 1.57. The van der Waals surface area contributed by atoms with Gasteiger partial charge in [-0.1, -0.05) is 86.6 Å². The van der Waals surface area contributed by atoms with Crippen LogP contribution in [0.1, 0.15) is 87.7 Å². The Morgan fingerprint density at radius 2 is 0.980 bits per heavy atom. The van der Waals surface area contributed by atoms with Crippen molar-refractivity contribution in [3.05, 3.63) is 152 Å². The van der Waals surface area contributed by atoms with E-state index < -0.39 is 178 Å². The average Bonchev–Trinajstić information content (AvgIpc) is 1.35. The largest absolute Gasteiger partial charge is 0.368 e. The number of non-ortho nitro benzene ring substituents is 2. The molecule has 546 valence electrons. The van der Waals surface area contributed by atoms with Crippen molar-refractivity contribution in [1.29, 1.82) is 0 Å². The lowest BCUT2D eigenvalue weighted by Crippen LogP contribution is -2.53. The molecular formula is C64H89N13O20P2S. The lowest BCUT2D eigenvalue weighted by atomic mass is 10.1. The van der Waals surface area contributed by atoms with E-state index in [0.717, 1.165) is 58.0 Å². The lowest BCUT2D eigenvalue weighted by Gasteiger charge is -2.35. The molecule has 100 heavy (non-hydrogen) atoms. The van der Waals surface area contributed by atoms with E-state index in [4.69, 9.17) is 10.9 Å². The van der Waals surface area contributed by atoms with Gasteiger partial charge in [0.05, 0.1) is 73.1 Å². The summed E-state index contributed by atoms with van der Waals surface area (Å²) in [5, 5.41) is 32.5. The number of hydrogen-bond acceptors (Lipinski definition) is 17. The zero-order valence-electron chi connectivity index (χ0n) is 56.2. The maximum Gasteiger partial charge on any atom is 0.325 e. The van der Waals surface area contributed by atoms with Gasteiger partial charge in [-0.3, -0.25) is 67.7 Å². The number of carbonyl (C=O) groups is 8. The molecule has 0 aliphatic rings. The van der Waals surface area contributed by atoms with Gasteiger partial charge in [0.25, 0.3) is 11.4 Å². The van der Waals surface area contributed by atoms with Crippen molar-refractivity contribution in [2.45, 2.75) is 78.3 Å². The highest BCUT2D eigenvalue weighted by Crippen LogP contribution is 2.36. The fraction of sp³-hybridized carbons (Fsp3) is 0.469. The summed E-state index contributed by atoms with van der Waals surface area (Å²) in [6, 6.07) is 24.7.